The van der Waals surface area contributed by atoms with Crippen molar-refractivity contribution in [3.05, 3.63) is 17.2 Å². The summed E-state index contributed by atoms with van der Waals surface area (Å²) in [6.45, 7) is 7.54. The molecule has 0 fully saturated rings. The average molecular weight is 240 g/mol. The van der Waals surface area contributed by atoms with Crippen molar-refractivity contribution in [2.75, 3.05) is 0 Å². The van der Waals surface area contributed by atoms with Crippen LogP contribution in [0.1, 0.15) is 56.1 Å². The maximum atomic E-state index is 11.3. The largest absolute Gasteiger partial charge is 0.477 e. The van der Waals surface area contributed by atoms with Crippen LogP contribution in [0, 0.1) is 0 Å². The Labute approximate surface area is 101 Å². The van der Waals surface area contributed by atoms with Crippen LogP contribution in [-0.2, 0) is 18.6 Å². The fraction of sp³-hybridized carbons (Fsp3) is 0.667. The molecule has 0 amide bonds. The molecule has 0 saturated heterocycles. The molecule has 0 saturated carbocycles. The van der Waals surface area contributed by atoms with Gasteiger partial charge in [-0.1, -0.05) is 6.92 Å². The van der Waals surface area contributed by atoms with E-state index in [4.69, 9.17) is 0 Å². The summed E-state index contributed by atoms with van der Waals surface area (Å²) in [5.41, 5.74) is -0.893. The Hall–Kier alpha value is -1.36. The van der Waals surface area contributed by atoms with Crippen molar-refractivity contribution in [2.45, 2.75) is 52.7 Å². The predicted octanol–water partition coefficient (Wildman–Crippen LogP) is 1.78. The second-order valence-electron chi connectivity index (χ2n) is 4.58. The van der Waals surface area contributed by atoms with Crippen molar-refractivity contribution < 1.29 is 15.0 Å². The first-order valence-electron chi connectivity index (χ1n) is 5.88. The Morgan fingerprint density at radius 1 is 1.41 bits per heavy atom. The molecule has 5 heteroatoms. The van der Waals surface area contributed by atoms with Crippen LogP contribution < -0.4 is 0 Å². The van der Waals surface area contributed by atoms with Crippen LogP contribution in [0.4, 0.5) is 0 Å². The van der Waals surface area contributed by atoms with Crippen molar-refractivity contribution in [2.24, 2.45) is 0 Å². The number of imidazole rings is 1. The van der Waals surface area contributed by atoms with Gasteiger partial charge in [0.2, 0.25) is 0 Å². The van der Waals surface area contributed by atoms with Gasteiger partial charge in [-0.25, -0.2) is 9.78 Å². The SMILES string of the molecule is CCCc1nc(C(C)(C)O)c(C(=O)O)n1CC. The average Bonchev–Trinajstić information content (AvgIpc) is 2.56. The van der Waals surface area contributed by atoms with Crippen LogP contribution >= 0.6 is 0 Å². The smallest absolute Gasteiger partial charge is 0.354 e. The van der Waals surface area contributed by atoms with Crippen LogP contribution in [-0.4, -0.2) is 25.7 Å². The van der Waals surface area contributed by atoms with E-state index < -0.39 is 11.6 Å². The molecule has 1 aromatic rings. The van der Waals surface area contributed by atoms with Crippen molar-refractivity contribution in [3.63, 3.8) is 0 Å². The zero-order chi connectivity index (χ0) is 13.2. The first-order valence-corrected chi connectivity index (χ1v) is 5.88. The van der Waals surface area contributed by atoms with Crippen molar-refractivity contribution >= 4 is 5.97 Å². The standard InChI is InChI=1S/C12H20N2O3/c1-5-7-8-13-10(12(3,4)17)9(11(15)16)14(8)6-2/h17H,5-7H2,1-4H3,(H,15,16). The molecule has 0 aliphatic heterocycles. The maximum Gasteiger partial charge on any atom is 0.354 e. The monoisotopic (exact) mass is 240 g/mol. The van der Waals surface area contributed by atoms with Crippen molar-refractivity contribution in [1.82, 2.24) is 9.55 Å². The van der Waals surface area contributed by atoms with Crippen molar-refractivity contribution in [3.8, 4) is 0 Å². The zero-order valence-corrected chi connectivity index (χ0v) is 10.8. The molecule has 1 rings (SSSR count). The fourth-order valence-electron chi connectivity index (χ4n) is 1.90. The summed E-state index contributed by atoms with van der Waals surface area (Å²) in [6, 6.07) is 0. The van der Waals surface area contributed by atoms with Gasteiger partial charge in [-0.15, -0.1) is 0 Å². The Kier molecular flexibility index (Phi) is 3.93. The zero-order valence-electron chi connectivity index (χ0n) is 10.8. The Morgan fingerprint density at radius 2 is 2.00 bits per heavy atom. The molecule has 0 spiro atoms. The van der Waals surface area contributed by atoms with E-state index in [0.717, 1.165) is 12.2 Å². The lowest BCUT2D eigenvalue weighted by Crippen LogP contribution is -2.21. The number of nitrogens with zero attached hydrogens (tertiary/aromatic N) is 2. The summed E-state index contributed by atoms with van der Waals surface area (Å²) in [6.07, 6.45) is 1.60. The van der Waals surface area contributed by atoms with E-state index in [2.05, 4.69) is 4.98 Å². The molecule has 0 bridgehead atoms. The summed E-state index contributed by atoms with van der Waals surface area (Å²) in [4.78, 5) is 15.6. The molecule has 17 heavy (non-hydrogen) atoms. The number of carbonyl (C=O) groups is 1. The summed E-state index contributed by atoms with van der Waals surface area (Å²) >= 11 is 0. The van der Waals surface area contributed by atoms with Crippen LogP contribution in [0.25, 0.3) is 0 Å². The molecular formula is C12H20N2O3. The number of aromatic carboxylic acids is 1. The highest BCUT2D eigenvalue weighted by Crippen LogP contribution is 2.25. The summed E-state index contributed by atoms with van der Waals surface area (Å²) in [5, 5.41) is 19.2. The van der Waals surface area contributed by atoms with E-state index in [-0.39, 0.29) is 11.4 Å². The summed E-state index contributed by atoms with van der Waals surface area (Å²) < 4.78 is 1.67. The van der Waals surface area contributed by atoms with Crippen LogP contribution in [0.15, 0.2) is 0 Å². The molecule has 0 unspecified atom stereocenters. The second-order valence-corrected chi connectivity index (χ2v) is 4.58. The summed E-state index contributed by atoms with van der Waals surface area (Å²) in [5.74, 6) is -0.316. The van der Waals surface area contributed by atoms with Gasteiger partial charge in [-0.05, 0) is 27.2 Å². The highest BCUT2D eigenvalue weighted by atomic mass is 16.4. The number of hydrogen-bond donors (Lipinski definition) is 2. The van der Waals surface area contributed by atoms with Gasteiger partial charge in [0.15, 0.2) is 5.69 Å². The van der Waals surface area contributed by atoms with Gasteiger partial charge in [0, 0.05) is 13.0 Å². The molecule has 0 aromatic carbocycles. The minimum absolute atomic E-state index is 0.100. The number of carboxylic acids is 1. The molecule has 2 N–H and O–H groups in total. The molecule has 0 radical (unpaired) electrons. The van der Waals surface area contributed by atoms with Gasteiger partial charge in [-0.3, -0.25) is 0 Å². The molecule has 0 aliphatic rings. The van der Waals surface area contributed by atoms with Crippen LogP contribution in [0.2, 0.25) is 0 Å². The van der Waals surface area contributed by atoms with E-state index in [1.54, 1.807) is 18.4 Å². The fourth-order valence-corrected chi connectivity index (χ4v) is 1.90. The lowest BCUT2D eigenvalue weighted by Gasteiger charge is -2.15. The first-order chi connectivity index (χ1) is 7.82. The topological polar surface area (TPSA) is 75.3 Å². The van der Waals surface area contributed by atoms with Crippen LogP contribution in [0.5, 0.6) is 0 Å². The first kappa shape index (κ1) is 13.7. The maximum absolute atomic E-state index is 11.3. The molecule has 1 heterocycles. The van der Waals surface area contributed by atoms with E-state index >= 15 is 0 Å². The number of carboxylic acid groups (broad SMARTS) is 1. The van der Waals surface area contributed by atoms with Crippen LogP contribution in [0.3, 0.4) is 0 Å². The quantitative estimate of drug-likeness (QED) is 0.822. The third-order valence-electron chi connectivity index (χ3n) is 2.62. The lowest BCUT2D eigenvalue weighted by atomic mass is 10.0. The van der Waals surface area contributed by atoms with E-state index in [1.165, 1.54) is 0 Å². The second kappa shape index (κ2) is 4.87. The number of hydrogen-bond acceptors (Lipinski definition) is 3. The van der Waals surface area contributed by atoms with Gasteiger partial charge in [0.05, 0.1) is 0 Å². The highest BCUT2D eigenvalue weighted by molar-refractivity contribution is 5.87. The lowest BCUT2D eigenvalue weighted by molar-refractivity contribution is 0.0602. The Morgan fingerprint density at radius 3 is 2.35 bits per heavy atom. The van der Waals surface area contributed by atoms with Gasteiger partial charge in [0.1, 0.15) is 17.1 Å². The third-order valence-corrected chi connectivity index (χ3v) is 2.62. The summed E-state index contributed by atoms with van der Waals surface area (Å²) in [7, 11) is 0. The van der Waals surface area contributed by atoms with E-state index in [9.17, 15) is 15.0 Å². The molecule has 5 nitrogen and oxygen atoms in total. The third kappa shape index (κ3) is 2.66. The predicted molar refractivity (Wildman–Crippen MR) is 64.1 cm³/mol. The minimum atomic E-state index is -1.24. The van der Waals surface area contributed by atoms with Gasteiger partial charge >= 0.3 is 5.97 Å². The number of aliphatic hydroxyl groups is 1. The number of rotatable bonds is 5. The minimum Gasteiger partial charge on any atom is -0.477 e. The molecule has 0 aliphatic carbocycles. The van der Waals surface area contributed by atoms with E-state index in [1.807, 2.05) is 13.8 Å². The molecule has 1 aromatic heterocycles. The normalized spacial score (nSPS) is 11.8. The molecule has 96 valence electrons. The van der Waals surface area contributed by atoms with Crippen molar-refractivity contribution in [1.29, 1.82) is 0 Å². The van der Waals surface area contributed by atoms with E-state index in [0.29, 0.717) is 13.0 Å². The molecule has 0 atom stereocenters. The number of aromatic nitrogens is 2. The number of aryl methyl sites for hydroxylation is 1. The molecular weight excluding hydrogens is 220 g/mol. The van der Waals surface area contributed by atoms with Gasteiger partial charge in [-0.2, -0.15) is 0 Å². The van der Waals surface area contributed by atoms with Gasteiger partial charge in [0.25, 0.3) is 0 Å². The highest BCUT2D eigenvalue weighted by Gasteiger charge is 2.30. The van der Waals surface area contributed by atoms with Gasteiger partial charge < -0.3 is 14.8 Å². The Balaban J connectivity index is 3.44. The Bertz CT molecular complexity index is 416.